The standard InChI is InChI=1S/C55H36IN/c1-2-11-42(12-3-1)55-56-35-47(49-21-9-13-37-10-4-5-20-48(37)49)34-52(57-55)38-24-22-36(23-25-38)43-16-7-17-44(32-43)45-18-8-19-46(33-45)50-30-28-41-27-26-39-14-6-15-40-29-31-51(50)54(41)53(39)40/h1-34H,35H2. The fraction of sp³-hybridized carbons (Fsp3) is 0.0182. The lowest BCUT2D eigenvalue weighted by molar-refractivity contribution is 1.56. The molecule has 2 heteroatoms. The van der Waals surface area contributed by atoms with E-state index in [-0.39, 0.29) is 20.7 Å². The molecule has 0 radical (unpaired) electrons. The number of alkyl halides is 1. The van der Waals surface area contributed by atoms with Gasteiger partial charge < -0.3 is 0 Å². The van der Waals surface area contributed by atoms with Gasteiger partial charge in [0.25, 0.3) is 0 Å². The first kappa shape index (κ1) is 33.8. The third-order valence-electron chi connectivity index (χ3n) is 11.4. The minimum Gasteiger partial charge on any atom is -0.242 e. The summed E-state index contributed by atoms with van der Waals surface area (Å²) in [6.07, 6.45) is 2.35. The van der Waals surface area contributed by atoms with Gasteiger partial charge in [0, 0.05) is 15.6 Å². The van der Waals surface area contributed by atoms with E-state index in [9.17, 15) is 0 Å². The summed E-state index contributed by atoms with van der Waals surface area (Å²) in [4.78, 5) is 5.41. The Bertz CT molecular complexity index is 3220. The molecule has 57 heavy (non-hydrogen) atoms. The zero-order valence-electron chi connectivity index (χ0n) is 31.2. The summed E-state index contributed by atoms with van der Waals surface area (Å²) >= 11 is -0.345. The smallest absolute Gasteiger partial charge is 0.0996 e. The second-order valence-electron chi connectivity index (χ2n) is 14.8. The molecule has 10 aromatic carbocycles. The van der Waals surface area contributed by atoms with Crippen LogP contribution in [-0.4, -0.2) is 13.8 Å². The molecule has 10 aromatic rings. The first-order valence-corrected chi connectivity index (χ1v) is 22.1. The molecule has 0 aromatic heterocycles. The predicted molar refractivity (Wildman–Crippen MR) is 254 cm³/mol. The lowest BCUT2D eigenvalue weighted by atomic mass is 9.89. The van der Waals surface area contributed by atoms with E-state index in [0.717, 1.165) is 15.7 Å². The molecule has 0 aliphatic carbocycles. The Balaban J connectivity index is 0.941. The van der Waals surface area contributed by atoms with Gasteiger partial charge in [0.05, 0.1) is 9.34 Å². The first-order chi connectivity index (χ1) is 28.2. The summed E-state index contributed by atoms with van der Waals surface area (Å²) in [5, 5.41) is 10.5. The fourth-order valence-electron chi connectivity index (χ4n) is 8.59. The fourth-order valence-corrected chi connectivity index (χ4v) is 11.2. The van der Waals surface area contributed by atoms with Gasteiger partial charge in [0.1, 0.15) is 0 Å². The average Bonchev–Trinajstić information content (AvgIpc) is 3.52. The summed E-state index contributed by atoms with van der Waals surface area (Å²) in [5.74, 6) is 0. The quantitative estimate of drug-likeness (QED) is 0.0899. The van der Waals surface area contributed by atoms with Crippen LogP contribution < -0.4 is 0 Å². The zero-order chi connectivity index (χ0) is 37.7. The van der Waals surface area contributed by atoms with E-state index >= 15 is 0 Å². The van der Waals surface area contributed by atoms with Crippen molar-refractivity contribution in [3.8, 4) is 33.4 Å². The number of rotatable bonds is 6. The maximum atomic E-state index is 5.41. The Kier molecular flexibility index (Phi) is 8.44. The van der Waals surface area contributed by atoms with Crippen molar-refractivity contribution in [2.45, 2.75) is 0 Å². The van der Waals surface area contributed by atoms with Crippen molar-refractivity contribution in [2.75, 3.05) is 4.43 Å². The molecule has 1 nitrogen and oxygen atoms in total. The molecule has 1 heterocycles. The van der Waals surface area contributed by atoms with E-state index in [4.69, 9.17) is 4.99 Å². The number of hydrogen-bond donors (Lipinski definition) is 0. The predicted octanol–water partition coefficient (Wildman–Crippen LogP) is 14.8. The highest BCUT2D eigenvalue weighted by atomic mass is 127. The lowest BCUT2D eigenvalue weighted by Gasteiger charge is -2.15. The summed E-state index contributed by atoms with van der Waals surface area (Å²) < 4.78 is 2.27. The molecule has 0 atom stereocenters. The van der Waals surface area contributed by atoms with Gasteiger partial charge >= 0.3 is 0 Å². The van der Waals surface area contributed by atoms with Crippen LogP contribution in [-0.2, 0) is 0 Å². The molecule has 268 valence electrons. The van der Waals surface area contributed by atoms with Gasteiger partial charge in [-0.25, -0.2) is 4.99 Å². The Hall–Kier alpha value is -6.49. The molecule has 1 aliphatic rings. The molecule has 0 spiro atoms. The molecule has 11 rings (SSSR count). The molecule has 0 N–H and O–H groups in total. The third kappa shape index (κ3) is 6.18. The maximum absolute atomic E-state index is 5.41. The summed E-state index contributed by atoms with van der Waals surface area (Å²) in [7, 11) is 0. The van der Waals surface area contributed by atoms with Crippen LogP contribution >= 0.6 is 20.7 Å². The van der Waals surface area contributed by atoms with Gasteiger partial charge in [0.2, 0.25) is 0 Å². The normalized spacial score (nSPS) is 13.3. The summed E-state index contributed by atoms with van der Waals surface area (Å²) in [6, 6.07) is 73.4. The van der Waals surface area contributed by atoms with Gasteiger partial charge in [-0.2, -0.15) is 0 Å². The number of hydrogen-bond acceptors (Lipinski definition) is 1. The second-order valence-corrected chi connectivity index (χ2v) is 17.4. The molecule has 1 aliphatic heterocycles. The Morgan fingerprint density at radius 2 is 0.912 bits per heavy atom. The van der Waals surface area contributed by atoms with Crippen LogP contribution in [0.25, 0.3) is 82.0 Å². The highest BCUT2D eigenvalue weighted by Crippen LogP contribution is 2.40. The van der Waals surface area contributed by atoms with Gasteiger partial charge in [-0.3, -0.25) is 0 Å². The SMILES string of the molecule is C1=C(c2cccc3ccccc23)CI=C(c2ccccc2)N=C1c1ccc(-c2cccc(-c3cccc(-c4ccc5ccc6cccc7ccc4c5c67)c3)c2)cc1. The van der Waals surface area contributed by atoms with E-state index in [2.05, 4.69) is 206 Å². The molecule has 0 saturated carbocycles. The van der Waals surface area contributed by atoms with Crippen molar-refractivity contribution in [1.82, 2.24) is 0 Å². The topological polar surface area (TPSA) is 12.4 Å². The van der Waals surface area contributed by atoms with Crippen LogP contribution in [0, 0.1) is 0 Å². The van der Waals surface area contributed by atoms with Crippen LogP contribution in [0.5, 0.6) is 0 Å². The van der Waals surface area contributed by atoms with E-state index in [1.807, 2.05) is 0 Å². The van der Waals surface area contributed by atoms with Gasteiger partial charge in [-0.05, 0) is 106 Å². The summed E-state index contributed by atoms with van der Waals surface area (Å²) in [6.45, 7) is 0. The van der Waals surface area contributed by atoms with Crippen LogP contribution in [0.3, 0.4) is 0 Å². The zero-order valence-corrected chi connectivity index (χ0v) is 33.3. The van der Waals surface area contributed by atoms with E-state index in [1.54, 1.807) is 0 Å². The molecule has 0 unspecified atom stereocenters. The molecule has 0 bridgehead atoms. The third-order valence-corrected chi connectivity index (χ3v) is 14.2. The highest BCUT2D eigenvalue weighted by Gasteiger charge is 2.16. The maximum Gasteiger partial charge on any atom is 0.0996 e. The number of halogens is 1. The van der Waals surface area contributed by atoms with E-state index in [1.165, 1.54) is 96.8 Å². The van der Waals surface area contributed by atoms with Crippen molar-refractivity contribution in [3.63, 3.8) is 0 Å². The first-order valence-electron chi connectivity index (χ1n) is 19.5. The molecular weight excluding hydrogens is 802 g/mol. The van der Waals surface area contributed by atoms with Crippen molar-refractivity contribution in [1.29, 1.82) is 0 Å². The molecule has 0 fully saturated rings. The van der Waals surface area contributed by atoms with Gasteiger partial charge in [-0.15, -0.1) is 0 Å². The van der Waals surface area contributed by atoms with Crippen LogP contribution in [0.1, 0.15) is 16.7 Å². The molecular formula is C55H36IN. The van der Waals surface area contributed by atoms with Gasteiger partial charge in [0.15, 0.2) is 0 Å². The highest BCUT2D eigenvalue weighted by molar-refractivity contribution is 14.2. The lowest BCUT2D eigenvalue weighted by Crippen LogP contribution is -2.02. The second kappa shape index (κ2) is 14.2. The monoisotopic (exact) mass is 837 g/mol. The molecule has 0 saturated heterocycles. The van der Waals surface area contributed by atoms with Gasteiger partial charge in [-0.1, -0.05) is 209 Å². The van der Waals surface area contributed by atoms with Crippen LogP contribution in [0.4, 0.5) is 0 Å². The Morgan fingerprint density at radius 3 is 1.72 bits per heavy atom. The number of fused-ring (bicyclic) bond motifs is 1. The summed E-state index contributed by atoms with van der Waals surface area (Å²) in [5.41, 5.74) is 13.4. The van der Waals surface area contributed by atoms with Crippen molar-refractivity contribution in [3.05, 3.63) is 223 Å². The number of allylic oxidation sites excluding steroid dienone is 2. The Labute approximate surface area is 342 Å². The largest absolute Gasteiger partial charge is 0.242 e. The minimum absolute atomic E-state index is 0.345. The van der Waals surface area contributed by atoms with Crippen molar-refractivity contribution >= 4 is 78.7 Å². The Morgan fingerprint density at radius 1 is 0.351 bits per heavy atom. The van der Waals surface area contributed by atoms with E-state index in [0.29, 0.717) is 0 Å². The average molecular weight is 838 g/mol. The minimum atomic E-state index is -0.345. The number of nitrogens with zero attached hydrogens (tertiary/aromatic N) is 1. The van der Waals surface area contributed by atoms with Crippen LogP contribution in [0.2, 0.25) is 0 Å². The van der Waals surface area contributed by atoms with Crippen molar-refractivity contribution in [2.24, 2.45) is 4.99 Å². The van der Waals surface area contributed by atoms with Crippen LogP contribution in [0.15, 0.2) is 211 Å². The number of aliphatic imine (C=N–C) groups is 1. The molecule has 0 amide bonds. The van der Waals surface area contributed by atoms with Crippen molar-refractivity contribution < 1.29 is 0 Å². The van der Waals surface area contributed by atoms with E-state index < -0.39 is 0 Å². The number of benzene rings is 10.